The molecule has 0 N–H and O–H groups in total. The Morgan fingerprint density at radius 3 is 2.60 bits per heavy atom. The van der Waals surface area contributed by atoms with E-state index in [9.17, 15) is 4.79 Å². The Hall–Kier alpha value is -3.28. The van der Waals surface area contributed by atoms with Crippen LogP contribution in [-0.4, -0.2) is 33.4 Å². The lowest BCUT2D eigenvalue weighted by atomic mass is 10.0. The van der Waals surface area contributed by atoms with Gasteiger partial charge in [-0.25, -0.2) is 0 Å². The van der Waals surface area contributed by atoms with Gasteiger partial charge < -0.3 is 14.4 Å². The second-order valence-electron chi connectivity index (χ2n) is 7.79. The molecule has 156 valence electrons. The number of amides is 1. The zero-order chi connectivity index (χ0) is 21.1. The molecule has 0 unspecified atom stereocenters. The molecule has 0 aliphatic carbocycles. The summed E-state index contributed by atoms with van der Waals surface area (Å²) in [7, 11) is 1.85. The molecule has 0 fully saturated rings. The highest BCUT2D eigenvalue weighted by Crippen LogP contribution is 2.33. The first kappa shape index (κ1) is 20.0. The van der Waals surface area contributed by atoms with Crippen LogP contribution in [0.15, 0.2) is 54.6 Å². The summed E-state index contributed by atoms with van der Waals surface area (Å²) in [5.41, 5.74) is 3.71. The molecule has 1 aromatic heterocycles. The first-order chi connectivity index (χ1) is 14.5. The molecule has 2 aromatic carbocycles. The average Bonchev–Trinajstić information content (AvgIpc) is 3.36. The molecule has 0 saturated heterocycles. The highest BCUT2D eigenvalue weighted by molar-refractivity contribution is 5.92. The molecule has 0 radical (unpaired) electrons. The van der Waals surface area contributed by atoms with Gasteiger partial charge in [-0.15, -0.1) is 0 Å². The number of aryl methyl sites for hydroxylation is 3. The number of fused-ring (bicyclic) bond motifs is 1. The molecule has 1 aliphatic heterocycles. The van der Waals surface area contributed by atoms with E-state index in [-0.39, 0.29) is 18.7 Å². The van der Waals surface area contributed by atoms with Gasteiger partial charge in [0.1, 0.15) is 0 Å². The second kappa shape index (κ2) is 8.61. The Morgan fingerprint density at radius 2 is 1.87 bits per heavy atom. The van der Waals surface area contributed by atoms with Crippen molar-refractivity contribution in [3.8, 4) is 11.5 Å². The number of nitrogens with zero attached hydrogens (tertiary/aromatic N) is 3. The molecule has 1 atom stereocenters. The van der Waals surface area contributed by atoms with Gasteiger partial charge in [-0.3, -0.25) is 9.48 Å². The van der Waals surface area contributed by atoms with Crippen LogP contribution in [-0.2, 0) is 20.0 Å². The quantitative estimate of drug-likeness (QED) is 0.593. The van der Waals surface area contributed by atoms with Crippen molar-refractivity contribution in [2.45, 2.75) is 39.3 Å². The van der Waals surface area contributed by atoms with Gasteiger partial charge in [0.05, 0.1) is 0 Å². The van der Waals surface area contributed by atoms with E-state index in [4.69, 9.17) is 9.47 Å². The fraction of sp³-hybridized carbons (Fsp3) is 0.333. The molecule has 0 spiro atoms. The molecule has 0 saturated carbocycles. The SMILES string of the molecule is Cc1cc(C(=O)N(Cc2ccc3c(c2)OCO3)[C@@H](C)CCc2ccccc2)nn1C. The first-order valence-electron chi connectivity index (χ1n) is 10.3. The van der Waals surface area contributed by atoms with Gasteiger partial charge in [0.25, 0.3) is 5.91 Å². The van der Waals surface area contributed by atoms with Crippen molar-refractivity contribution in [2.75, 3.05) is 6.79 Å². The van der Waals surface area contributed by atoms with Crippen LogP contribution >= 0.6 is 0 Å². The third kappa shape index (κ3) is 4.32. The zero-order valence-corrected chi connectivity index (χ0v) is 17.7. The van der Waals surface area contributed by atoms with E-state index in [2.05, 4.69) is 24.2 Å². The summed E-state index contributed by atoms with van der Waals surface area (Å²) < 4.78 is 12.7. The number of aromatic nitrogens is 2. The Balaban J connectivity index is 1.55. The molecule has 1 aliphatic rings. The summed E-state index contributed by atoms with van der Waals surface area (Å²) in [6.07, 6.45) is 1.78. The molecule has 3 aromatic rings. The van der Waals surface area contributed by atoms with Crippen molar-refractivity contribution >= 4 is 5.91 Å². The van der Waals surface area contributed by atoms with Crippen molar-refractivity contribution in [1.29, 1.82) is 0 Å². The smallest absolute Gasteiger partial charge is 0.274 e. The van der Waals surface area contributed by atoms with Crippen molar-refractivity contribution in [2.24, 2.45) is 7.05 Å². The van der Waals surface area contributed by atoms with E-state index < -0.39 is 0 Å². The van der Waals surface area contributed by atoms with E-state index in [0.717, 1.165) is 35.6 Å². The molecular weight excluding hydrogens is 378 g/mol. The van der Waals surface area contributed by atoms with Crippen molar-refractivity contribution in [3.63, 3.8) is 0 Å². The first-order valence-corrected chi connectivity index (χ1v) is 10.3. The van der Waals surface area contributed by atoms with Gasteiger partial charge in [0.15, 0.2) is 17.2 Å². The maximum atomic E-state index is 13.4. The normalized spacial score (nSPS) is 13.3. The van der Waals surface area contributed by atoms with Crippen molar-refractivity contribution in [3.05, 3.63) is 77.1 Å². The molecular formula is C24H27N3O3. The number of ether oxygens (including phenoxy) is 2. The largest absolute Gasteiger partial charge is 0.454 e. The van der Waals surface area contributed by atoms with Gasteiger partial charge in [0, 0.05) is 25.3 Å². The topological polar surface area (TPSA) is 56.6 Å². The summed E-state index contributed by atoms with van der Waals surface area (Å²) in [6, 6.07) is 18.1. The van der Waals surface area contributed by atoms with Crippen LogP contribution < -0.4 is 9.47 Å². The summed E-state index contributed by atoms with van der Waals surface area (Å²) in [5.74, 6) is 1.41. The third-order valence-electron chi connectivity index (χ3n) is 5.61. The molecule has 4 rings (SSSR count). The lowest BCUT2D eigenvalue weighted by Gasteiger charge is -2.29. The molecule has 2 heterocycles. The Bertz CT molecular complexity index is 1010. The summed E-state index contributed by atoms with van der Waals surface area (Å²) in [4.78, 5) is 15.3. The molecule has 30 heavy (non-hydrogen) atoms. The number of carbonyl (C=O) groups excluding carboxylic acids is 1. The minimum Gasteiger partial charge on any atom is -0.454 e. The van der Waals surface area contributed by atoms with Crippen molar-refractivity contribution < 1.29 is 14.3 Å². The maximum Gasteiger partial charge on any atom is 0.274 e. The predicted molar refractivity (Wildman–Crippen MR) is 115 cm³/mol. The van der Waals surface area contributed by atoms with Gasteiger partial charge in [0.2, 0.25) is 6.79 Å². The fourth-order valence-electron chi connectivity index (χ4n) is 3.65. The maximum absolute atomic E-state index is 13.4. The van der Waals surface area contributed by atoms with E-state index in [1.807, 2.05) is 61.3 Å². The van der Waals surface area contributed by atoms with E-state index in [1.165, 1.54) is 5.56 Å². The van der Waals surface area contributed by atoms with Crippen molar-refractivity contribution in [1.82, 2.24) is 14.7 Å². The molecule has 6 heteroatoms. The lowest BCUT2D eigenvalue weighted by Crippen LogP contribution is -2.38. The Morgan fingerprint density at radius 1 is 1.10 bits per heavy atom. The summed E-state index contributed by atoms with van der Waals surface area (Å²) in [6.45, 7) is 4.78. The monoisotopic (exact) mass is 405 g/mol. The zero-order valence-electron chi connectivity index (χ0n) is 17.7. The second-order valence-corrected chi connectivity index (χ2v) is 7.79. The van der Waals surface area contributed by atoms with Gasteiger partial charge in [-0.1, -0.05) is 36.4 Å². The third-order valence-corrected chi connectivity index (χ3v) is 5.61. The Kier molecular flexibility index (Phi) is 5.74. The fourth-order valence-corrected chi connectivity index (χ4v) is 3.65. The van der Waals surface area contributed by atoms with E-state index in [1.54, 1.807) is 4.68 Å². The summed E-state index contributed by atoms with van der Waals surface area (Å²) >= 11 is 0. The van der Waals surface area contributed by atoms with Crippen LogP contribution in [0.2, 0.25) is 0 Å². The number of benzene rings is 2. The molecule has 1 amide bonds. The highest BCUT2D eigenvalue weighted by Gasteiger charge is 2.25. The number of carbonyl (C=O) groups is 1. The van der Waals surface area contributed by atoms with Crippen LogP contribution in [0.3, 0.4) is 0 Å². The van der Waals surface area contributed by atoms with Crippen LogP contribution in [0.25, 0.3) is 0 Å². The highest BCUT2D eigenvalue weighted by atomic mass is 16.7. The Labute approximate surface area is 177 Å². The van der Waals surface area contributed by atoms with Gasteiger partial charge in [-0.05, 0) is 56.0 Å². The molecule has 0 bridgehead atoms. The molecule has 6 nitrogen and oxygen atoms in total. The number of hydrogen-bond donors (Lipinski definition) is 0. The van der Waals surface area contributed by atoms with Crippen LogP contribution in [0.5, 0.6) is 11.5 Å². The summed E-state index contributed by atoms with van der Waals surface area (Å²) in [5, 5.41) is 4.41. The number of rotatable bonds is 7. The predicted octanol–water partition coefficient (Wildman–Crippen LogP) is 4.12. The van der Waals surface area contributed by atoms with Crippen LogP contribution in [0.4, 0.5) is 0 Å². The van der Waals surface area contributed by atoms with E-state index in [0.29, 0.717) is 12.2 Å². The van der Waals surface area contributed by atoms with Gasteiger partial charge in [-0.2, -0.15) is 5.10 Å². The van der Waals surface area contributed by atoms with Crippen LogP contribution in [0.1, 0.15) is 40.7 Å². The average molecular weight is 405 g/mol. The standard InChI is InChI=1S/C24H27N3O3/c1-17(9-10-19-7-5-4-6-8-19)27(24(28)21-13-18(2)26(3)25-21)15-20-11-12-22-23(14-20)30-16-29-22/h4-8,11-14,17H,9-10,15-16H2,1-3H3/t17-/m0/s1. The minimum atomic E-state index is -0.0584. The van der Waals surface area contributed by atoms with Gasteiger partial charge >= 0.3 is 0 Å². The number of hydrogen-bond acceptors (Lipinski definition) is 4. The minimum absolute atomic E-state index is 0.0467. The van der Waals surface area contributed by atoms with Crippen LogP contribution in [0, 0.1) is 6.92 Å². The van der Waals surface area contributed by atoms with E-state index >= 15 is 0 Å². The lowest BCUT2D eigenvalue weighted by molar-refractivity contribution is 0.0660.